The van der Waals surface area contributed by atoms with Gasteiger partial charge in [0.05, 0.1) is 0 Å². The predicted octanol–water partition coefficient (Wildman–Crippen LogP) is 2.34. The van der Waals surface area contributed by atoms with Crippen LogP contribution in [0.15, 0.2) is 18.2 Å². The lowest BCUT2D eigenvalue weighted by molar-refractivity contribution is -0.122. The van der Waals surface area contributed by atoms with Crippen molar-refractivity contribution in [3.8, 4) is 0 Å². The van der Waals surface area contributed by atoms with Gasteiger partial charge in [0.1, 0.15) is 6.04 Å². The van der Waals surface area contributed by atoms with Gasteiger partial charge in [0.15, 0.2) is 5.11 Å². The van der Waals surface area contributed by atoms with Crippen molar-refractivity contribution in [3.05, 3.63) is 29.3 Å². The first-order valence-electron chi connectivity index (χ1n) is 6.92. The molecule has 0 aromatic heterocycles. The molecule has 1 fully saturated rings. The second-order valence-electron chi connectivity index (χ2n) is 5.41. The summed E-state index contributed by atoms with van der Waals surface area (Å²) in [5, 5.41) is 3.81. The summed E-state index contributed by atoms with van der Waals surface area (Å²) < 4.78 is 0. The van der Waals surface area contributed by atoms with Gasteiger partial charge in [-0.2, -0.15) is 0 Å². The van der Waals surface area contributed by atoms with E-state index in [-0.39, 0.29) is 11.9 Å². The Bertz CT molecular complexity index is 510. The first-order chi connectivity index (χ1) is 9.47. The summed E-state index contributed by atoms with van der Waals surface area (Å²) in [6.45, 7) is 4.88. The number of nitrogens with one attached hydrogen (secondary N) is 1. The maximum atomic E-state index is 11.5. The van der Waals surface area contributed by atoms with Crippen molar-refractivity contribution in [2.45, 2.75) is 39.2 Å². The monoisotopic (exact) mass is 291 g/mol. The molecule has 1 amide bonds. The number of primary amides is 1. The van der Waals surface area contributed by atoms with Crippen LogP contribution in [0.5, 0.6) is 0 Å². The van der Waals surface area contributed by atoms with E-state index < -0.39 is 0 Å². The standard InChI is InChI=1S/C15H21N3OS/c1-10-7-11(2)9-12(8-10)17-15(20)18-6-4-3-5-13(18)14(16)19/h7-9,13H,3-6H2,1-2H3,(H2,16,19)(H,17,20)/t13-/m0/s1. The molecule has 1 aromatic rings. The van der Waals surface area contributed by atoms with Crippen molar-refractivity contribution in [1.29, 1.82) is 0 Å². The minimum atomic E-state index is -0.297. The third-order valence-corrected chi connectivity index (χ3v) is 3.90. The Balaban J connectivity index is 2.11. The zero-order valence-corrected chi connectivity index (χ0v) is 12.8. The Morgan fingerprint density at radius 1 is 1.30 bits per heavy atom. The number of hydrogen-bond acceptors (Lipinski definition) is 2. The van der Waals surface area contributed by atoms with Crippen molar-refractivity contribution in [1.82, 2.24) is 4.90 Å². The Kier molecular flexibility index (Phi) is 4.60. The van der Waals surface area contributed by atoms with E-state index in [1.54, 1.807) is 0 Å². The van der Waals surface area contributed by atoms with E-state index in [9.17, 15) is 4.79 Å². The Hall–Kier alpha value is -1.62. The summed E-state index contributed by atoms with van der Waals surface area (Å²) in [7, 11) is 0. The maximum Gasteiger partial charge on any atom is 0.240 e. The van der Waals surface area contributed by atoms with Gasteiger partial charge in [-0.15, -0.1) is 0 Å². The molecule has 5 heteroatoms. The fraction of sp³-hybridized carbons (Fsp3) is 0.467. The molecule has 108 valence electrons. The zero-order chi connectivity index (χ0) is 14.7. The molecule has 1 heterocycles. The zero-order valence-electron chi connectivity index (χ0n) is 12.0. The van der Waals surface area contributed by atoms with Gasteiger partial charge in [-0.05, 0) is 68.6 Å². The highest BCUT2D eigenvalue weighted by Gasteiger charge is 2.28. The van der Waals surface area contributed by atoms with E-state index in [4.69, 9.17) is 18.0 Å². The van der Waals surface area contributed by atoms with Gasteiger partial charge < -0.3 is 16.0 Å². The third kappa shape index (κ3) is 3.48. The van der Waals surface area contributed by atoms with Crippen molar-refractivity contribution < 1.29 is 4.79 Å². The van der Waals surface area contributed by atoms with Crippen LogP contribution < -0.4 is 11.1 Å². The molecule has 4 nitrogen and oxygen atoms in total. The second kappa shape index (κ2) is 6.22. The lowest BCUT2D eigenvalue weighted by atomic mass is 10.0. The Morgan fingerprint density at radius 2 is 1.95 bits per heavy atom. The van der Waals surface area contributed by atoms with Gasteiger partial charge in [-0.1, -0.05) is 6.07 Å². The van der Waals surface area contributed by atoms with Crippen molar-refractivity contribution in [3.63, 3.8) is 0 Å². The van der Waals surface area contributed by atoms with Gasteiger partial charge in [0, 0.05) is 12.2 Å². The topological polar surface area (TPSA) is 58.4 Å². The van der Waals surface area contributed by atoms with Crippen LogP contribution >= 0.6 is 12.2 Å². The van der Waals surface area contributed by atoms with E-state index in [2.05, 4.69) is 11.4 Å². The normalized spacial score (nSPS) is 18.7. The Morgan fingerprint density at radius 3 is 2.55 bits per heavy atom. The fourth-order valence-electron chi connectivity index (χ4n) is 2.71. The first-order valence-corrected chi connectivity index (χ1v) is 7.33. The molecule has 0 radical (unpaired) electrons. The minimum absolute atomic E-state index is 0.283. The highest BCUT2D eigenvalue weighted by atomic mass is 32.1. The van der Waals surface area contributed by atoms with Crippen LogP contribution in [0.2, 0.25) is 0 Å². The molecule has 0 unspecified atom stereocenters. The molecule has 1 saturated heterocycles. The number of nitrogens with two attached hydrogens (primary N) is 1. The van der Waals surface area contributed by atoms with Crippen LogP contribution in [-0.2, 0) is 4.79 Å². The van der Waals surface area contributed by atoms with Gasteiger partial charge >= 0.3 is 0 Å². The number of amides is 1. The van der Waals surface area contributed by atoms with Gasteiger partial charge in [-0.3, -0.25) is 4.79 Å². The quantitative estimate of drug-likeness (QED) is 0.821. The van der Waals surface area contributed by atoms with Crippen LogP contribution in [0.1, 0.15) is 30.4 Å². The molecule has 0 bridgehead atoms. The largest absolute Gasteiger partial charge is 0.368 e. The van der Waals surface area contributed by atoms with Crippen LogP contribution in [0, 0.1) is 13.8 Å². The molecule has 0 aliphatic carbocycles. The number of piperidine rings is 1. The molecule has 2 rings (SSSR count). The SMILES string of the molecule is Cc1cc(C)cc(NC(=S)N2CCCC[C@H]2C(N)=O)c1. The van der Waals surface area contributed by atoms with Crippen molar-refractivity contribution in [2.75, 3.05) is 11.9 Å². The van der Waals surface area contributed by atoms with E-state index in [0.717, 1.165) is 31.5 Å². The molecule has 20 heavy (non-hydrogen) atoms. The van der Waals surface area contributed by atoms with Crippen LogP contribution in [0.25, 0.3) is 0 Å². The van der Waals surface area contributed by atoms with Crippen LogP contribution in [-0.4, -0.2) is 28.5 Å². The predicted molar refractivity (Wildman–Crippen MR) is 85.7 cm³/mol. The van der Waals surface area contributed by atoms with Crippen molar-refractivity contribution >= 4 is 28.9 Å². The number of thiocarbonyl (C=S) groups is 1. The number of aryl methyl sites for hydroxylation is 2. The molecule has 0 spiro atoms. The number of nitrogens with zero attached hydrogens (tertiary/aromatic N) is 1. The lowest BCUT2D eigenvalue weighted by Gasteiger charge is -2.35. The number of carbonyl (C=O) groups is 1. The fourth-order valence-corrected chi connectivity index (χ4v) is 3.05. The van der Waals surface area contributed by atoms with Gasteiger partial charge in [0.25, 0.3) is 0 Å². The van der Waals surface area contributed by atoms with Crippen LogP contribution in [0.4, 0.5) is 5.69 Å². The second-order valence-corrected chi connectivity index (χ2v) is 5.80. The van der Waals surface area contributed by atoms with Crippen molar-refractivity contribution in [2.24, 2.45) is 5.73 Å². The molecule has 1 aliphatic rings. The summed E-state index contributed by atoms with van der Waals surface area (Å²) in [5.41, 5.74) is 8.79. The lowest BCUT2D eigenvalue weighted by Crippen LogP contribution is -2.51. The highest BCUT2D eigenvalue weighted by molar-refractivity contribution is 7.80. The number of hydrogen-bond donors (Lipinski definition) is 2. The summed E-state index contributed by atoms with van der Waals surface area (Å²) in [5.74, 6) is -0.297. The molecule has 0 saturated carbocycles. The highest BCUT2D eigenvalue weighted by Crippen LogP contribution is 2.20. The summed E-state index contributed by atoms with van der Waals surface area (Å²) in [4.78, 5) is 13.4. The molecule has 1 atom stereocenters. The summed E-state index contributed by atoms with van der Waals surface area (Å²) in [6, 6.07) is 5.92. The molecular formula is C15H21N3OS. The summed E-state index contributed by atoms with van der Waals surface area (Å²) >= 11 is 5.45. The molecule has 1 aliphatic heterocycles. The average Bonchev–Trinajstić information content (AvgIpc) is 2.37. The van der Waals surface area contributed by atoms with Gasteiger partial charge in [0.2, 0.25) is 5.91 Å². The average molecular weight is 291 g/mol. The molecule has 1 aromatic carbocycles. The van der Waals surface area contributed by atoms with E-state index in [0.29, 0.717) is 5.11 Å². The first kappa shape index (κ1) is 14.8. The molecule has 3 N–H and O–H groups in total. The Labute approximate surface area is 125 Å². The van der Waals surface area contributed by atoms with E-state index in [1.165, 1.54) is 11.1 Å². The van der Waals surface area contributed by atoms with E-state index >= 15 is 0 Å². The number of benzene rings is 1. The van der Waals surface area contributed by atoms with Crippen LogP contribution in [0.3, 0.4) is 0 Å². The smallest absolute Gasteiger partial charge is 0.240 e. The molecular weight excluding hydrogens is 270 g/mol. The maximum absolute atomic E-state index is 11.5. The minimum Gasteiger partial charge on any atom is -0.368 e. The third-order valence-electron chi connectivity index (χ3n) is 3.57. The number of carbonyl (C=O) groups excluding carboxylic acids is 1. The number of rotatable bonds is 2. The number of anilines is 1. The van der Waals surface area contributed by atoms with E-state index in [1.807, 2.05) is 30.9 Å². The summed E-state index contributed by atoms with van der Waals surface area (Å²) in [6.07, 6.45) is 2.85. The number of likely N-dealkylation sites (tertiary alicyclic amines) is 1. The van der Waals surface area contributed by atoms with Gasteiger partial charge in [-0.25, -0.2) is 0 Å².